The molecule has 2 nitrogen and oxygen atoms in total. The van der Waals surface area contributed by atoms with Gasteiger partial charge in [0.1, 0.15) is 0 Å². The molecule has 0 aliphatic carbocycles. The summed E-state index contributed by atoms with van der Waals surface area (Å²) in [7, 11) is 4.11. The fraction of sp³-hybridized carbons (Fsp3) is 0.467. The highest BCUT2D eigenvalue weighted by Gasteiger charge is 2.10. The third-order valence-corrected chi connectivity index (χ3v) is 2.83. The van der Waals surface area contributed by atoms with Crippen molar-refractivity contribution in [1.82, 2.24) is 5.32 Å². The van der Waals surface area contributed by atoms with Crippen LogP contribution < -0.4 is 10.2 Å². The van der Waals surface area contributed by atoms with Crippen LogP contribution in [0.25, 0.3) is 0 Å². The molecule has 1 aromatic rings. The molecule has 1 N–H and O–H groups in total. The third kappa shape index (κ3) is 3.90. The zero-order chi connectivity index (χ0) is 12.8. The monoisotopic (exact) mass is 232 g/mol. The van der Waals surface area contributed by atoms with Crippen LogP contribution in [0.5, 0.6) is 0 Å². The van der Waals surface area contributed by atoms with Gasteiger partial charge >= 0.3 is 0 Å². The molecule has 0 aromatic heterocycles. The van der Waals surface area contributed by atoms with Crippen molar-refractivity contribution in [3.63, 3.8) is 0 Å². The van der Waals surface area contributed by atoms with Crippen molar-refractivity contribution in [2.75, 3.05) is 25.5 Å². The van der Waals surface area contributed by atoms with E-state index in [1.807, 2.05) is 0 Å². The number of nitrogens with one attached hydrogen (secondary N) is 1. The Hall–Kier alpha value is -1.28. The number of anilines is 1. The lowest BCUT2D eigenvalue weighted by atomic mass is 10.0. The van der Waals surface area contributed by atoms with Crippen molar-refractivity contribution >= 4 is 5.69 Å². The molecule has 1 rings (SSSR count). The molecule has 1 aromatic carbocycles. The molecule has 0 saturated carbocycles. The van der Waals surface area contributed by atoms with Crippen molar-refractivity contribution in [3.05, 3.63) is 42.0 Å². The van der Waals surface area contributed by atoms with Crippen LogP contribution in [0, 0.1) is 0 Å². The fourth-order valence-corrected chi connectivity index (χ4v) is 1.83. The molecular formula is C15H24N2. The van der Waals surface area contributed by atoms with Crippen LogP contribution in [0.3, 0.4) is 0 Å². The number of rotatable bonds is 6. The molecule has 0 radical (unpaired) electrons. The molecule has 1 unspecified atom stereocenters. The SMILES string of the molecule is C=C(C)C(NCCC)c1ccc(N(C)C)cc1. The maximum Gasteiger partial charge on any atom is 0.0530 e. The van der Waals surface area contributed by atoms with E-state index in [4.69, 9.17) is 0 Å². The summed E-state index contributed by atoms with van der Waals surface area (Å²) < 4.78 is 0. The first kappa shape index (κ1) is 13.8. The van der Waals surface area contributed by atoms with E-state index >= 15 is 0 Å². The van der Waals surface area contributed by atoms with Crippen LogP contribution >= 0.6 is 0 Å². The van der Waals surface area contributed by atoms with E-state index < -0.39 is 0 Å². The molecular weight excluding hydrogens is 208 g/mol. The number of benzene rings is 1. The second-order valence-electron chi connectivity index (χ2n) is 4.72. The van der Waals surface area contributed by atoms with Gasteiger partial charge in [-0.05, 0) is 37.6 Å². The largest absolute Gasteiger partial charge is 0.378 e. The van der Waals surface area contributed by atoms with Gasteiger partial charge in [0.05, 0.1) is 6.04 Å². The summed E-state index contributed by atoms with van der Waals surface area (Å²) in [6, 6.07) is 8.93. The summed E-state index contributed by atoms with van der Waals surface area (Å²) in [6.07, 6.45) is 1.14. The molecule has 0 bridgehead atoms. The highest BCUT2D eigenvalue weighted by atomic mass is 15.1. The molecule has 2 heteroatoms. The second kappa shape index (κ2) is 6.45. The molecule has 0 amide bonds. The molecule has 0 spiro atoms. The fourth-order valence-electron chi connectivity index (χ4n) is 1.83. The van der Waals surface area contributed by atoms with Crippen LogP contribution in [0.1, 0.15) is 31.9 Å². The highest BCUT2D eigenvalue weighted by molar-refractivity contribution is 5.47. The topological polar surface area (TPSA) is 15.3 Å². The van der Waals surface area contributed by atoms with Gasteiger partial charge in [-0.1, -0.05) is 31.2 Å². The Labute approximate surface area is 105 Å². The van der Waals surface area contributed by atoms with Gasteiger partial charge in [0, 0.05) is 19.8 Å². The van der Waals surface area contributed by atoms with Crippen LogP contribution in [0.15, 0.2) is 36.4 Å². The molecule has 0 fully saturated rings. The van der Waals surface area contributed by atoms with E-state index in [1.165, 1.54) is 11.3 Å². The zero-order valence-electron chi connectivity index (χ0n) is 11.5. The highest BCUT2D eigenvalue weighted by Crippen LogP contribution is 2.22. The van der Waals surface area contributed by atoms with Gasteiger partial charge in [0.25, 0.3) is 0 Å². The molecule has 94 valence electrons. The predicted octanol–water partition coefficient (Wildman–Crippen LogP) is 3.37. The van der Waals surface area contributed by atoms with Crippen molar-refractivity contribution in [1.29, 1.82) is 0 Å². The molecule has 17 heavy (non-hydrogen) atoms. The molecule has 0 aliphatic heterocycles. The van der Waals surface area contributed by atoms with Crippen molar-refractivity contribution in [2.24, 2.45) is 0 Å². The minimum atomic E-state index is 0.270. The third-order valence-electron chi connectivity index (χ3n) is 2.83. The summed E-state index contributed by atoms with van der Waals surface area (Å²) >= 11 is 0. The molecule has 0 heterocycles. The number of hydrogen-bond acceptors (Lipinski definition) is 2. The number of nitrogens with zero attached hydrogens (tertiary/aromatic N) is 1. The van der Waals surface area contributed by atoms with Gasteiger partial charge in [-0.3, -0.25) is 0 Å². The first-order chi connectivity index (χ1) is 8.06. The van der Waals surface area contributed by atoms with E-state index in [0.29, 0.717) is 0 Å². The van der Waals surface area contributed by atoms with Gasteiger partial charge in [-0.2, -0.15) is 0 Å². The molecule has 1 atom stereocenters. The maximum absolute atomic E-state index is 4.07. The Morgan fingerprint density at radius 3 is 2.29 bits per heavy atom. The minimum Gasteiger partial charge on any atom is -0.378 e. The first-order valence-corrected chi connectivity index (χ1v) is 6.22. The van der Waals surface area contributed by atoms with E-state index in [9.17, 15) is 0 Å². The average Bonchev–Trinajstić information content (AvgIpc) is 2.29. The summed E-state index contributed by atoms with van der Waals surface area (Å²) in [5, 5.41) is 3.52. The number of hydrogen-bond donors (Lipinski definition) is 1. The van der Waals surface area contributed by atoms with E-state index in [2.05, 4.69) is 69.0 Å². The Morgan fingerprint density at radius 2 is 1.88 bits per heavy atom. The standard InChI is InChI=1S/C15H24N2/c1-6-11-16-15(12(2)3)13-7-9-14(10-8-13)17(4)5/h7-10,15-16H,2,6,11H2,1,3-5H3. The van der Waals surface area contributed by atoms with Crippen molar-refractivity contribution < 1.29 is 0 Å². The summed E-state index contributed by atoms with van der Waals surface area (Å²) in [6.45, 7) is 9.34. The Balaban J connectivity index is 2.83. The minimum absolute atomic E-state index is 0.270. The smallest absolute Gasteiger partial charge is 0.0530 e. The zero-order valence-corrected chi connectivity index (χ0v) is 11.5. The predicted molar refractivity (Wildman–Crippen MR) is 76.6 cm³/mol. The van der Waals surface area contributed by atoms with Gasteiger partial charge in [-0.25, -0.2) is 0 Å². The van der Waals surface area contributed by atoms with Crippen LogP contribution in [-0.2, 0) is 0 Å². The van der Waals surface area contributed by atoms with E-state index in [0.717, 1.165) is 18.5 Å². The van der Waals surface area contributed by atoms with Gasteiger partial charge in [-0.15, -0.1) is 0 Å². The maximum atomic E-state index is 4.07. The Kier molecular flexibility index (Phi) is 5.23. The van der Waals surface area contributed by atoms with Crippen LogP contribution in [0.2, 0.25) is 0 Å². The summed E-state index contributed by atoms with van der Waals surface area (Å²) in [5.74, 6) is 0. The van der Waals surface area contributed by atoms with Crippen molar-refractivity contribution in [3.8, 4) is 0 Å². The lowest BCUT2D eigenvalue weighted by Crippen LogP contribution is -2.22. The molecule has 0 aliphatic rings. The second-order valence-corrected chi connectivity index (χ2v) is 4.72. The quantitative estimate of drug-likeness (QED) is 0.757. The van der Waals surface area contributed by atoms with E-state index in [-0.39, 0.29) is 6.04 Å². The normalized spacial score (nSPS) is 12.2. The lowest BCUT2D eigenvalue weighted by Gasteiger charge is -2.20. The lowest BCUT2D eigenvalue weighted by molar-refractivity contribution is 0.591. The van der Waals surface area contributed by atoms with E-state index in [1.54, 1.807) is 0 Å². The summed E-state index contributed by atoms with van der Waals surface area (Å²) in [5.41, 5.74) is 3.68. The first-order valence-electron chi connectivity index (χ1n) is 6.22. The van der Waals surface area contributed by atoms with Crippen molar-refractivity contribution in [2.45, 2.75) is 26.3 Å². The van der Waals surface area contributed by atoms with Crippen LogP contribution in [0.4, 0.5) is 5.69 Å². The Bertz CT molecular complexity index is 352. The average molecular weight is 232 g/mol. The Morgan fingerprint density at radius 1 is 1.29 bits per heavy atom. The summed E-state index contributed by atoms with van der Waals surface area (Å²) in [4.78, 5) is 2.11. The molecule has 0 saturated heterocycles. The van der Waals surface area contributed by atoms with Gasteiger partial charge in [0.15, 0.2) is 0 Å². The van der Waals surface area contributed by atoms with Gasteiger partial charge in [0.2, 0.25) is 0 Å². The van der Waals surface area contributed by atoms with Crippen LogP contribution in [-0.4, -0.2) is 20.6 Å². The van der Waals surface area contributed by atoms with Gasteiger partial charge < -0.3 is 10.2 Å².